The summed E-state index contributed by atoms with van der Waals surface area (Å²) in [6.45, 7) is 0. The van der Waals surface area contributed by atoms with Crippen LogP contribution in [0.15, 0.2) is 94.7 Å². The van der Waals surface area contributed by atoms with Crippen molar-refractivity contribution < 1.29 is 9.47 Å². The summed E-state index contributed by atoms with van der Waals surface area (Å²) in [5.41, 5.74) is 3.94. The molecule has 6 aromatic rings. The van der Waals surface area contributed by atoms with Crippen LogP contribution in [0.3, 0.4) is 0 Å². The largest absolute Gasteiger partial charge is 0.494 e. The van der Waals surface area contributed by atoms with Crippen LogP contribution in [0.1, 0.15) is 32.1 Å². The molecule has 0 aliphatic heterocycles. The highest BCUT2D eigenvalue weighted by molar-refractivity contribution is 8.00. The summed E-state index contributed by atoms with van der Waals surface area (Å²) >= 11 is 3.91. The molecule has 0 amide bonds. The van der Waals surface area contributed by atoms with Gasteiger partial charge in [-0.05, 0) is 48.6 Å². The van der Waals surface area contributed by atoms with Gasteiger partial charge in [-0.15, -0.1) is 23.5 Å². The van der Waals surface area contributed by atoms with E-state index in [-0.39, 0.29) is 0 Å². The Morgan fingerprint density at radius 3 is 1.37 bits per heavy atom. The van der Waals surface area contributed by atoms with Crippen LogP contribution in [0.25, 0.3) is 43.6 Å². The third-order valence-electron chi connectivity index (χ3n) is 7.47. The third-order valence-corrected chi connectivity index (χ3v) is 9.91. The molecule has 2 heterocycles. The van der Waals surface area contributed by atoms with Gasteiger partial charge in [0.15, 0.2) is 0 Å². The van der Waals surface area contributed by atoms with Crippen LogP contribution >= 0.6 is 23.5 Å². The van der Waals surface area contributed by atoms with Gasteiger partial charge in [0.1, 0.15) is 22.5 Å². The number of nitrogens with zero attached hydrogens (tertiary/aromatic N) is 2. The quantitative estimate of drug-likeness (QED) is 0.0818. The van der Waals surface area contributed by atoms with Gasteiger partial charge < -0.3 is 9.47 Å². The Labute approximate surface area is 249 Å². The number of pyridine rings is 2. The molecule has 0 aliphatic rings. The van der Waals surface area contributed by atoms with Crippen LogP contribution < -0.4 is 9.47 Å². The molecule has 2 aromatic heterocycles. The van der Waals surface area contributed by atoms with Crippen molar-refractivity contribution in [2.24, 2.45) is 0 Å². The number of para-hydroxylation sites is 4. The van der Waals surface area contributed by atoms with E-state index in [1.165, 1.54) is 63.4 Å². The van der Waals surface area contributed by atoms with Crippen LogP contribution in [-0.2, 0) is 0 Å². The minimum absolute atomic E-state index is 0.833. The fraction of sp³-hybridized carbons (Fsp3) is 0.257. The first kappa shape index (κ1) is 27.7. The van der Waals surface area contributed by atoms with Crippen molar-refractivity contribution in [2.45, 2.75) is 41.9 Å². The van der Waals surface area contributed by atoms with E-state index < -0.39 is 0 Å². The van der Waals surface area contributed by atoms with Crippen LogP contribution in [0, 0.1) is 0 Å². The summed E-state index contributed by atoms with van der Waals surface area (Å²) in [5.74, 6) is 3.87. The molecular weight excluding hydrogens is 545 g/mol. The Morgan fingerprint density at radius 1 is 0.488 bits per heavy atom. The standard InChI is InChI=1S/C35H34N2O2S2/c1-38-30-20-12-16-26-32(30)36-28-18-8-6-14-24(28)34(26)40-22-10-4-3-5-11-23-41-35-25-15-7-9-19-29(25)37-33-27(35)17-13-21-31(33)39-2/h6-9,12-21H,3-5,10-11,22-23H2,1-2H3. The molecule has 0 fully saturated rings. The Hall–Kier alpha value is -3.48. The zero-order valence-corrected chi connectivity index (χ0v) is 25.2. The second-order valence-corrected chi connectivity index (χ2v) is 12.3. The zero-order chi connectivity index (χ0) is 28.0. The summed E-state index contributed by atoms with van der Waals surface area (Å²) in [7, 11) is 3.44. The van der Waals surface area contributed by atoms with Gasteiger partial charge in [-0.25, -0.2) is 9.97 Å². The van der Waals surface area contributed by atoms with Gasteiger partial charge in [-0.1, -0.05) is 79.9 Å². The van der Waals surface area contributed by atoms with Crippen molar-refractivity contribution in [3.05, 3.63) is 84.9 Å². The second kappa shape index (κ2) is 13.0. The molecule has 0 unspecified atom stereocenters. The first-order chi connectivity index (χ1) is 20.3. The normalized spacial score (nSPS) is 11.6. The smallest absolute Gasteiger partial charge is 0.145 e. The highest BCUT2D eigenvalue weighted by atomic mass is 32.2. The van der Waals surface area contributed by atoms with Crippen LogP contribution in [0.4, 0.5) is 0 Å². The second-order valence-electron chi connectivity index (χ2n) is 10.1. The Kier molecular flexibility index (Phi) is 8.78. The van der Waals surface area contributed by atoms with Crippen molar-refractivity contribution in [2.75, 3.05) is 25.7 Å². The Bertz CT molecular complexity index is 1690. The van der Waals surface area contributed by atoms with E-state index in [1.807, 2.05) is 35.7 Å². The molecule has 0 aliphatic carbocycles. The third kappa shape index (κ3) is 5.81. The van der Waals surface area contributed by atoms with Crippen molar-refractivity contribution in [1.29, 1.82) is 0 Å². The average molecular weight is 579 g/mol. The van der Waals surface area contributed by atoms with Crippen LogP contribution in [0.5, 0.6) is 11.5 Å². The number of benzene rings is 4. The molecule has 41 heavy (non-hydrogen) atoms. The number of thioether (sulfide) groups is 2. The van der Waals surface area contributed by atoms with Crippen LogP contribution in [0.2, 0.25) is 0 Å². The van der Waals surface area contributed by atoms with Crippen molar-refractivity contribution >= 4 is 67.1 Å². The summed E-state index contributed by atoms with van der Waals surface area (Å²) in [5, 5.41) is 4.81. The lowest BCUT2D eigenvalue weighted by molar-refractivity contribution is 0.419. The average Bonchev–Trinajstić information content (AvgIpc) is 3.02. The number of unbranched alkanes of at least 4 members (excludes halogenated alkanes) is 4. The monoisotopic (exact) mass is 578 g/mol. The number of methoxy groups -OCH3 is 2. The topological polar surface area (TPSA) is 44.2 Å². The number of hydrogen-bond donors (Lipinski definition) is 0. The molecule has 0 radical (unpaired) electrons. The van der Waals surface area contributed by atoms with Crippen molar-refractivity contribution in [1.82, 2.24) is 9.97 Å². The molecular formula is C35H34N2O2S2. The molecule has 0 spiro atoms. The lowest BCUT2D eigenvalue weighted by atomic mass is 10.1. The van der Waals surface area contributed by atoms with Gasteiger partial charge in [0, 0.05) is 31.3 Å². The molecule has 0 saturated carbocycles. The fourth-order valence-electron chi connectivity index (χ4n) is 5.42. The predicted octanol–water partition coefficient (Wildman–Crippen LogP) is 9.94. The maximum absolute atomic E-state index is 5.62. The lowest BCUT2D eigenvalue weighted by Crippen LogP contribution is -1.93. The number of aromatic nitrogens is 2. The lowest BCUT2D eigenvalue weighted by Gasteiger charge is -2.13. The highest BCUT2D eigenvalue weighted by Crippen LogP contribution is 2.39. The summed E-state index contributed by atoms with van der Waals surface area (Å²) in [4.78, 5) is 12.4. The first-order valence-corrected chi connectivity index (χ1v) is 16.2. The van der Waals surface area contributed by atoms with Crippen LogP contribution in [-0.4, -0.2) is 35.7 Å². The van der Waals surface area contributed by atoms with E-state index in [4.69, 9.17) is 19.4 Å². The minimum Gasteiger partial charge on any atom is -0.494 e. The number of rotatable bonds is 12. The number of ether oxygens (including phenoxy) is 2. The summed E-state index contributed by atoms with van der Waals surface area (Å²) in [6, 6.07) is 29.3. The number of fused-ring (bicyclic) bond motifs is 4. The van der Waals surface area contributed by atoms with E-state index in [9.17, 15) is 0 Å². The molecule has 4 nitrogen and oxygen atoms in total. The first-order valence-electron chi connectivity index (χ1n) is 14.2. The van der Waals surface area contributed by atoms with Gasteiger partial charge >= 0.3 is 0 Å². The summed E-state index contributed by atoms with van der Waals surface area (Å²) < 4.78 is 11.2. The van der Waals surface area contributed by atoms with Gasteiger partial charge in [0.2, 0.25) is 0 Å². The molecule has 0 N–H and O–H groups in total. The maximum Gasteiger partial charge on any atom is 0.145 e. The van der Waals surface area contributed by atoms with E-state index in [1.54, 1.807) is 14.2 Å². The van der Waals surface area contributed by atoms with Gasteiger partial charge in [0.05, 0.1) is 25.3 Å². The fourth-order valence-corrected chi connectivity index (χ4v) is 7.82. The van der Waals surface area contributed by atoms with E-state index in [0.717, 1.165) is 45.1 Å². The SMILES string of the molecule is COc1cccc2c(SCCCCCCCSc3c4ccccc4nc4c(OC)cccc34)c3ccccc3nc12. The zero-order valence-electron chi connectivity index (χ0n) is 23.6. The molecule has 6 rings (SSSR count). The van der Waals surface area contributed by atoms with Crippen molar-refractivity contribution in [3.63, 3.8) is 0 Å². The molecule has 4 aromatic carbocycles. The van der Waals surface area contributed by atoms with E-state index in [2.05, 4.69) is 72.8 Å². The maximum atomic E-state index is 5.62. The Morgan fingerprint density at radius 2 is 0.902 bits per heavy atom. The van der Waals surface area contributed by atoms with E-state index >= 15 is 0 Å². The van der Waals surface area contributed by atoms with Gasteiger partial charge in [-0.2, -0.15) is 0 Å². The van der Waals surface area contributed by atoms with Gasteiger partial charge in [0.25, 0.3) is 0 Å². The molecule has 0 atom stereocenters. The van der Waals surface area contributed by atoms with E-state index in [0.29, 0.717) is 0 Å². The summed E-state index contributed by atoms with van der Waals surface area (Å²) in [6.07, 6.45) is 6.18. The minimum atomic E-state index is 0.833. The highest BCUT2D eigenvalue weighted by Gasteiger charge is 2.14. The molecule has 208 valence electrons. The Balaban J connectivity index is 1.04. The molecule has 0 bridgehead atoms. The predicted molar refractivity (Wildman–Crippen MR) is 176 cm³/mol. The number of hydrogen-bond acceptors (Lipinski definition) is 6. The van der Waals surface area contributed by atoms with Gasteiger partial charge in [-0.3, -0.25) is 0 Å². The molecule has 6 heteroatoms. The molecule has 0 saturated heterocycles. The van der Waals surface area contributed by atoms with Crippen molar-refractivity contribution in [3.8, 4) is 11.5 Å².